The smallest absolute Gasteiger partial charge is 0.246 e. The standard InChI is InChI=1S/C20H30N2O4S/c1-4-19(23)21-11-9-20(10-12-21)14-22(13-16(2)3)27(24,25)18-8-6-5-7-17(18)26-15-20/h5-8,16H,4,9-15H2,1-3H3. The van der Waals surface area contributed by atoms with Gasteiger partial charge >= 0.3 is 0 Å². The van der Waals surface area contributed by atoms with E-state index in [1.165, 1.54) is 0 Å². The number of hydrogen-bond donors (Lipinski definition) is 0. The third kappa shape index (κ3) is 4.14. The van der Waals surface area contributed by atoms with Crippen LogP contribution in [0.2, 0.25) is 0 Å². The molecule has 0 unspecified atom stereocenters. The first-order valence-electron chi connectivity index (χ1n) is 9.77. The Bertz CT molecular complexity index is 783. The van der Waals surface area contributed by atoms with Crippen LogP contribution < -0.4 is 4.74 Å². The van der Waals surface area contributed by atoms with Crippen molar-refractivity contribution in [2.45, 2.75) is 44.9 Å². The maximum absolute atomic E-state index is 13.3. The first kappa shape index (κ1) is 20.1. The van der Waals surface area contributed by atoms with Crippen LogP contribution in [-0.2, 0) is 14.8 Å². The van der Waals surface area contributed by atoms with E-state index in [4.69, 9.17) is 4.74 Å². The second-order valence-electron chi connectivity index (χ2n) is 8.16. The van der Waals surface area contributed by atoms with Crippen LogP contribution in [0, 0.1) is 11.3 Å². The van der Waals surface area contributed by atoms with Crippen LogP contribution in [0.3, 0.4) is 0 Å². The highest BCUT2D eigenvalue weighted by Crippen LogP contribution is 2.39. The predicted molar refractivity (Wildman–Crippen MR) is 104 cm³/mol. The van der Waals surface area contributed by atoms with Crippen molar-refractivity contribution in [1.82, 2.24) is 9.21 Å². The van der Waals surface area contributed by atoms with Gasteiger partial charge in [0.2, 0.25) is 15.9 Å². The molecule has 2 aliphatic rings. The van der Waals surface area contributed by atoms with E-state index in [2.05, 4.69) is 0 Å². The van der Waals surface area contributed by atoms with Crippen molar-refractivity contribution < 1.29 is 17.9 Å². The van der Waals surface area contributed by atoms with Gasteiger partial charge in [-0.3, -0.25) is 4.79 Å². The van der Waals surface area contributed by atoms with Gasteiger partial charge in [-0.2, -0.15) is 4.31 Å². The van der Waals surface area contributed by atoms with Gasteiger partial charge in [0.25, 0.3) is 0 Å². The third-order valence-corrected chi connectivity index (χ3v) is 7.41. The number of ether oxygens (including phenoxy) is 1. The number of piperidine rings is 1. The average Bonchev–Trinajstić information content (AvgIpc) is 2.65. The Balaban J connectivity index is 1.93. The molecule has 27 heavy (non-hydrogen) atoms. The summed E-state index contributed by atoms with van der Waals surface area (Å²) < 4.78 is 34.3. The molecule has 0 N–H and O–H groups in total. The SMILES string of the molecule is CCC(=O)N1CCC2(CC1)COc1ccccc1S(=O)(=O)N(CC(C)C)C2. The second-order valence-corrected chi connectivity index (χ2v) is 10.1. The van der Waals surface area contributed by atoms with Crippen molar-refractivity contribution in [1.29, 1.82) is 0 Å². The number of fused-ring (bicyclic) bond motifs is 1. The number of likely N-dealkylation sites (tertiary alicyclic amines) is 1. The first-order valence-corrected chi connectivity index (χ1v) is 11.2. The summed E-state index contributed by atoms with van der Waals surface area (Å²) in [6.07, 6.45) is 2.01. The summed E-state index contributed by atoms with van der Waals surface area (Å²) in [5, 5.41) is 0. The fraction of sp³-hybridized carbons (Fsp3) is 0.650. The van der Waals surface area contributed by atoms with Gasteiger partial charge in [0, 0.05) is 38.0 Å². The fourth-order valence-electron chi connectivity index (χ4n) is 3.98. The highest BCUT2D eigenvalue weighted by atomic mass is 32.2. The van der Waals surface area contributed by atoms with Crippen LogP contribution in [-0.4, -0.2) is 56.3 Å². The minimum absolute atomic E-state index is 0.161. The number of rotatable bonds is 3. The summed E-state index contributed by atoms with van der Waals surface area (Å²) in [5.41, 5.74) is -0.264. The van der Waals surface area contributed by atoms with Gasteiger partial charge in [-0.05, 0) is 30.9 Å². The predicted octanol–water partition coefficient (Wildman–Crippen LogP) is 2.74. The lowest BCUT2D eigenvalue weighted by Crippen LogP contribution is -2.52. The summed E-state index contributed by atoms with van der Waals surface area (Å²) in [6.45, 7) is 8.66. The zero-order valence-electron chi connectivity index (χ0n) is 16.5. The Kier molecular flexibility index (Phi) is 5.82. The van der Waals surface area contributed by atoms with E-state index >= 15 is 0 Å². The van der Waals surface area contributed by atoms with Crippen molar-refractivity contribution in [3.8, 4) is 5.75 Å². The van der Waals surface area contributed by atoms with Gasteiger partial charge in [0.1, 0.15) is 10.6 Å². The van der Waals surface area contributed by atoms with Gasteiger partial charge in [-0.1, -0.05) is 32.9 Å². The van der Waals surface area contributed by atoms with Gasteiger partial charge in [-0.15, -0.1) is 0 Å². The molecule has 0 saturated carbocycles. The summed E-state index contributed by atoms with van der Waals surface area (Å²) in [6, 6.07) is 6.89. The summed E-state index contributed by atoms with van der Waals surface area (Å²) in [4.78, 5) is 14.2. The Morgan fingerprint density at radius 1 is 1.22 bits per heavy atom. The minimum Gasteiger partial charge on any atom is -0.492 e. The molecule has 1 spiro atoms. The van der Waals surface area contributed by atoms with Gasteiger partial charge in [0.15, 0.2) is 0 Å². The van der Waals surface area contributed by atoms with E-state index in [1.54, 1.807) is 28.6 Å². The van der Waals surface area contributed by atoms with Crippen molar-refractivity contribution >= 4 is 15.9 Å². The Hall–Kier alpha value is -1.60. The quantitative estimate of drug-likeness (QED) is 0.791. The molecule has 2 heterocycles. The molecule has 0 radical (unpaired) electrons. The Labute approximate surface area is 162 Å². The topological polar surface area (TPSA) is 66.9 Å². The monoisotopic (exact) mass is 394 g/mol. The van der Waals surface area contributed by atoms with Crippen LogP contribution >= 0.6 is 0 Å². The minimum atomic E-state index is -3.62. The van der Waals surface area contributed by atoms with E-state index in [9.17, 15) is 13.2 Å². The van der Waals surface area contributed by atoms with E-state index in [-0.39, 0.29) is 22.1 Å². The lowest BCUT2D eigenvalue weighted by atomic mass is 9.78. The summed E-state index contributed by atoms with van der Waals surface area (Å²) >= 11 is 0. The number of carbonyl (C=O) groups is 1. The lowest BCUT2D eigenvalue weighted by Gasteiger charge is -2.45. The number of carbonyl (C=O) groups excluding carboxylic acids is 1. The highest BCUT2D eigenvalue weighted by molar-refractivity contribution is 7.89. The molecule has 150 valence electrons. The molecular weight excluding hydrogens is 364 g/mol. The number of sulfonamides is 1. The molecule has 0 bridgehead atoms. The number of benzene rings is 1. The normalized spacial score (nSPS) is 22.0. The Morgan fingerprint density at radius 2 is 1.89 bits per heavy atom. The molecule has 7 heteroatoms. The van der Waals surface area contributed by atoms with E-state index in [0.717, 1.165) is 12.8 Å². The lowest BCUT2D eigenvalue weighted by molar-refractivity contribution is -0.133. The number of hydrogen-bond acceptors (Lipinski definition) is 4. The number of amides is 1. The van der Waals surface area contributed by atoms with Crippen molar-refractivity contribution in [2.75, 3.05) is 32.8 Å². The molecule has 6 nitrogen and oxygen atoms in total. The molecule has 1 saturated heterocycles. The van der Waals surface area contributed by atoms with Gasteiger partial charge in [0.05, 0.1) is 6.61 Å². The molecular formula is C20H30N2O4S. The van der Waals surface area contributed by atoms with Gasteiger partial charge < -0.3 is 9.64 Å². The average molecular weight is 395 g/mol. The molecule has 0 atom stereocenters. The van der Waals surface area contributed by atoms with Crippen molar-refractivity contribution in [2.24, 2.45) is 11.3 Å². The van der Waals surface area contributed by atoms with Crippen LogP contribution in [0.5, 0.6) is 5.75 Å². The molecule has 1 aromatic rings. The highest BCUT2D eigenvalue weighted by Gasteiger charge is 2.43. The maximum Gasteiger partial charge on any atom is 0.246 e. The van der Waals surface area contributed by atoms with Crippen LogP contribution in [0.1, 0.15) is 40.0 Å². The molecule has 1 aromatic carbocycles. The zero-order chi connectivity index (χ0) is 19.7. The largest absolute Gasteiger partial charge is 0.492 e. The second kappa shape index (κ2) is 7.80. The fourth-order valence-corrected chi connectivity index (χ4v) is 5.83. The summed E-state index contributed by atoms with van der Waals surface area (Å²) in [5.74, 6) is 0.817. The molecule has 3 rings (SSSR count). The third-order valence-electron chi connectivity index (χ3n) is 5.56. The molecule has 1 fully saturated rings. The van der Waals surface area contributed by atoms with Gasteiger partial charge in [-0.25, -0.2) is 8.42 Å². The molecule has 2 aliphatic heterocycles. The van der Waals surface area contributed by atoms with E-state index < -0.39 is 10.0 Å². The van der Waals surface area contributed by atoms with E-state index in [1.807, 2.05) is 25.7 Å². The Morgan fingerprint density at radius 3 is 2.52 bits per heavy atom. The van der Waals surface area contributed by atoms with Crippen LogP contribution in [0.25, 0.3) is 0 Å². The number of para-hydroxylation sites is 1. The van der Waals surface area contributed by atoms with E-state index in [0.29, 0.717) is 45.0 Å². The molecule has 1 amide bonds. The van der Waals surface area contributed by atoms with Crippen LogP contribution in [0.15, 0.2) is 29.2 Å². The van der Waals surface area contributed by atoms with Crippen molar-refractivity contribution in [3.63, 3.8) is 0 Å². The summed E-state index contributed by atoms with van der Waals surface area (Å²) in [7, 11) is -3.62. The van der Waals surface area contributed by atoms with Crippen LogP contribution in [0.4, 0.5) is 0 Å². The zero-order valence-corrected chi connectivity index (χ0v) is 17.3. The maximum atomic E-state index is 13.3. The number of nitrogens with zero attached hydrogens (tertiary/aromatic N) is 2. The molecule has 0 aliphatic carbocycles. The first-order chi connectivity index (χ1) is 12.8. The molecule has 0 aromatic heterocycles. The van der Waals surface area contributed by atoms with Crippen molar-refractivity contribution in [3.05, 3.63) is 24.3 Å².